The van der Waals surface area contributed by atoms with Crippen LogP contribution in [0.3, 0.4) is 0 Å². The summed E-state index contributed by atoms with van der Waals surface area (Å²) in [5.41, 5.74) is 0.658. The predicted molar refractivity (Wildman–Crippen MR) is 103 cm³/mol. The van der Waals surface area contributed by atoms with Gasteiger partial charge in [0, 0.05) is 10.5 Å². The summed E-state index contributed by atoms with van der Waals surface area (Å²) in [7, 11) is 0. The van der Waals surface area contributed by atoms with Crippen LogP contribution in [-0.2, 0) is 4.74 Å². The maximum absolute atomic E-state index is 12.1. The van der Waals surface area contributed by atoms with Crippen LogP contribution < -0.4 is 10.6 Å². The van der Waals surface area contributed by atoms with Crippen molar-refractivity contribution in [3.05, 3.63) is 27.2 Å². The van der Waals surface area contributed by atoms with Gasteiger partial charge in [-0.15, -0.1) is 0 Å². The normalized spacial score (nSPS) is 20.5. The highest BCUT2D eigenvalue weighted by Crippen LogP contribution is 2.31. The minimum Gasteiger partial charge on any atom is -0.444 e. The predicted octanol–water partition coefficient (Wildman–Crippen LogP) is 5.22. The number of rotatable bonds is 3. The monoisotopic (exact) mass is 427 g/mol. The Hall–Kier alpha value is -1.45. The number of anilines is 1. The van der Waals surface area contributed by atoms with Crippen molar-refractivity contribution in [2.45, 2.75) is 64.1 Å². The van der Waals surface area contributed by atoms with Crippen LogP contribution in [0.15, 0.2) is 16.6 Å². The fourth-order valence-corrected chi connectivity index (χ4v) is 3.40. The summed E-state index contributed by atoms with van der Waals surface area (Å²) in [6, 6.07) is 5.58. The van der Waals surface area contributed by atoms with Crippen LogP contribution >= 0.6 is 27.5 Å². The number of hydrogen-bond acceptors (Lipinski definition) is 4. The third-order valence-electron chi connectivity index (χ3n) is 3.99. The number of alkyl carbamates (subject to hydrolysis) is 1. The molecule has 0 spiro atoms. The maximum Gasteiger partial charge on any atom is 0.407 e. The van der Waals surface area contributed by atoms with Crippen LogP contribution in [-0.4, -0.2) is 23.8 Å². The summed E-state index contributed by atoms with van der Waals surface area (Å²) in [5, 5.41) is 16.2. The summed E-state index contributed by atoms with van der Waals surface area (Å²) in [6.07, 6.45) is 3.46. The molecule has 1 fully saturated rings. The summed E-state index contributed by atoms with van der Waals surface area (Å²) < 4.78 is 6.04. The van der Waals surface area contributed by atoms with E-state index >= 15 is 0 Å². The van der Waals surface area contributed by atoms with Crippen LogP contribution in [0.2, 0.25) is 5.02 Å². The highest BCUT2D eigenvalue weighted by atomic mass is 79.9. The molecule has 0 aliphatic heterocycles. The molecular formula is C18H23BrClN3O2. The molecule has 5 nitrogen and oxygen atoms in total. The number of amides is 1. The van der Waals surface area contributed by atoms with E-state index in [1.807, 2.05) is 20.8 Å². The van der Waals surface area contributed by atoms with E-state index in [-0.39, 0.29) is 12.1 Å². The first-order chi connectivity index (χ1) is 11.7. The highest BCUT2D eigenvalue weighted by Gasteiger charge is 2.29. The molecule has 0 saturated heterocycles. The number of nitrogens with zero attached hydrogens (tertiary/aromatic N) is 1. The molecule has 136 valence electrons. The SMILES string of the molecule is CC(C)(C)OC(=O)N[C@H]1CCCC[C@@H]1Nc1cc(Cl)c(Br)cc1C#N. The average molecular weight is 429 g/mol. The zero-order valence-corrected chi connectivity index (χ0v) is 17.0. The van der Waals surface area contributed by atoms with Gasteiger partial charge in [0.1, 0.15) is 11.7 Å². The van der Waals surface area contributed by atoms with Crippen molar-refractivity contribution in [3.63, 3.8) is 0 Å². The van der Waals surface area contributed by atoms with Crippen molar-refractivity contribution in [3.8, 4) is 6.07 Å². The molecular weight excluding hydrogens is 406 g/mol. The van der Waals surface area contributed by atoms with Crippen molar-refractivity contribution >= 4 is 39.3 Å². The number of carbonyl (C=O) groups is 1. The second-order valence-electron chi connectivity index (χ2n) is 7.21. The van der Waals surface area contributed by atoms with Gasteiger partial charge in [0.05, 0.1) is 22.3 Å². The molecule has 0 aromatic heterocycles. The molecule has 1 saturated carbocycles. The molecule has 2 N–H and O–H groups in total. The van der Waals surface area contributed by atoms with Crippen molar-refractivity contribution in [2.24, 2.45) is 0 Å². The molecule has 1 amide bonds. The van der Waals surface area contributed by atoms with E-state index in [9.17, 15) is 10.1 Å². The van der Waals surface area contributed by atoms with Crippen LogP contribution in [0.25, 0.3) is 0 Å². The van der Waals surface area contributed by atoms with Crippen molar-refractivity contribution in [1.29, 1.82) is 5.26 Å². The van der Waals surface area contributed by atoms with E-state index in [2.05, 4.69) is 32.6 Å². The van der Waals surface area contributed by atoms with Crippen LogP contribution in [0.5, 0.6) is 0 Å². The molecule has 1 aliphatic carbocycles. The fourth-order valence-electron chi connectivity index (χ4n) is 2.89. The Kier molecular flexibility index (Phi) is 6.59. The standard InChI is InChI=1S/C18H23BrClN3O2/c1-18(2,3)25-17(24)23-15-7-5-4-6-14(15)22-16-9-13(20)12(19)8-11(16)10-21/h8-9,14-15,22H,4-7H2,1-3H3,(H,23,24)/t14-,15-/m0/s1. The Bertz CT molecular complexity index is 682. The maximum atomic E-state index is 12.1. The van der Waals surface area contributed by atoms with E-state index in [0.717, 1.165) is 25.7 Å². The third-order valence-corrected chi connectivity index (χ3v) is 5.19. The molecule has 1 aromatic rings. The number of carbonyl (C=O) groups excluding carboxylic acids is 1. The summed E-state index contributed by atoms with van der Waals surface area (Å²) in [5.74, 6) is 0. The van der Waals surface area contributed by atoms with Gasteiger partial charge >= 0.3 is 6.09 Å². The van der Waals surface area contributed by atoms with Crippen LogP contribution in [0.4, 0.5) is 10.5 Å². The molecule has 0 heterocycles. The number of ether oxygens (including phenoxy) is 1. The molecule has 0 bridgehead atoms. The Labute approximate surface area is 162 Å². The lowest BCUT2D eigenvalue weighted by Gasteiger charge is -2.34. The topological polar surface area (TPSA) is 74.2 Å². The second-order valence-corrected chi connectivity index (χ2v) is 8.47. The van der Waals surface area contributed by atoms with Crippen molar-refractivity contribution < 1.29 is 9.53 Å². The summed E-state index contributed by atoms with van der Waals surface area (Å²) >= 11 is 9.50. The van der Waals surface area contributed by atoms with E-state index < -0.39 is 11.7 Å². The number of halogens is 2. The van der Waals surface area contributed by atoms with Crippen molar-refractivity contribution in [2.75, 3.05) is 5.32 Å². The Morgan fingerprint density at radius 2 is 1.96 bits per heavy atom. The molecule has 7 heteroatoms. The molecule has 25 heavy (non-hydrogen) atoms. The van der Waals surface area contributed by atoms with Crippen molar-refractivity contribution in [1.82, 2.24) is 5.32 Å². The van der Waals surface area contributed by atoms with Gasteiger partial charge in [-0.2, -0.15) is 5.26 Å². The van der Waals surface area contributed by atoms with Gasteiger partial charge < -0.3 is 15.4 Å². The Morgan fingerprint density at radius 1 is 1.32 bits per heavy atom. The largest absolute Gasteiger partial charge is 0.444 e. The van der Waals surface area contributed by atoms with Crippen LogP contribution in [0, 0.1) is 11.3 Å². The van der Waals surface area contributed by atoms with Gasteiger partial charge in [0.25, 0.3) is 0 Å². The van der Waals surface area contributed by atoms with Gasteiger partial charge in [-0.05, 0) is 61.7 Å². The zero-order valence-electron chi connectivity index (χ0n) is 14.7. The smallest absolute Gasteiger partial charge is 0.407 e. The second kappa shape index (κ2) is 8.29. The Morgan fingerprint density at radius 3 is 2.56 bits per heavy atom. The highest BCUT2D eigenvalue weighted by molar-refractivity contribution is 9.10. The first kappa shape index (κ1) is 19.9. The molecule has 0 unspecified atom stereocenters. The van der Waals surface area contributed by atoms with Gasteiger partial charge in [0.2, 0.25) is 0 Å². The molecule has 2 rings (SSSR count). The quantitative estimate of drug-likeness (QED) is 0.692. The van der Waals surface area contributed by atoms with E-state index in [1.165, 1.54) is 0 Å². The van der Waals surface area contributed by atoms with Gasteiger partial charge in [-0.3, -0.25) is 0 Å². The number of hydrogen-bond donors (Lipinski definition) is 2. The lowest BCUT2D eigenvalue weighted by atomic mass is 9.90. The minimum absolute atomic E-state index is 0.0191. The molecule has 1 aliphatic rings. The minimum atomic E-state index is -0.533. The number of nitriles is 1. The molecule has 1 aromatic carbocycles. The average Bonchev–Trinajstić information content (AvgIpc) is 2.50. The number of nitrogens with one attached hydrogen (secondary N) is 2. The van der Waals surface area contributed by atoms with E-state index in [4.69, 9.17) is 16.3 Å². The van der Waals surface area contributed by atoms with Crippen LogP contribution in [0.1, 0.15) is 52.0 Å². The lowest BCUT2D eigenvalue weighted by molar-refractivity contribution is 0.0488. The Balaban J connectivity index is 2.12. The third kappa shape index (κ3) is 5.79. The first-order valence-corrected chi connectivity index (χ1v) is 9.52. The summed E-state index contributed by atoms with van der Waals surface area (Å²) in [4.78, 5) is 12.1. The molecule has 2 atom stereocenters. The van der Waals surface area contributed by atoms with Gasteiger partial charge in [-0.25, -0.2) is 4.79 Å². The summed E-state index contributed by atoms with van der Waals surface area (Å²) in [6.45, 7) is 5.52. The van der Waals surface area contributed by atoms with E-state index in [1.54, 1.807) is 12.1 Å². The first-order valence-electron chi connectivity index (χ1n) is 8.35. The fraction of sp³-hybridized carbons (Fsp3) is 0.556. The van der Waals surface area contributed by atoms with Gasteiger partial charge in [-0.1, -0.05) is 24.4 Å². The van der Waals surface area contributed by atoms with E-state index in [0.29, 0.717) is 20.7 Å². The molecule has 0 radical (unpaired) electrons. The lowest BCUT2D eigenvalue weighted by Crippen LogP contribution is -2.49. The van der Waals surface area contributed by atoms with Gasteiger partial charge in [0.15, 0.2) is 0 Å². The number of benzene rings is 1. The zero-order chi connectivity index (χ0) is 18.6.